The maximum Gasteiger partial charge on any atom is 0.244 e. The lowest BCUT2D eigenvalue weighted by Gasteiger charge is -2.13. The van der Waals surface area contributed by atoms with Crippen LogP contribution in [0.15, 0.2) is 24.3 Å². The monoisotopic (exact) mass is 295 g/mol. The maximum atomic E-state index is 11.7. The van der Waals surface area contributed by atoms with Crippen LogP contribution in [0.5, 0.6) is 0 Å². The van der Waals surface area contributed by atoms with E-state index < -0.39 is 0 Å². The first-order valence-corrected chi connectivity index (χ1v) is 7.27. The van der Waals surface area contributed by atoms with E-state index in [0.29, 0.717) is 23.9 Å². The van der Waals surface area contributed by atoms with Crippen molar-refractivity contribution in [1.82, 2.24) is 5.32 Å². The number of aryl methyl sites for hydroxylation is 1. The molecule has 0 fully saturated rings. The molecule has 1 aromatic rings. The molecule has 0 saturated carbocycles. The number of halogens is 1. The summed E-state index contributed by atoms with van der Waals surface area (Å²) < 4.78 is 0. The molecule has 1 unspecified atom stereocenters. The Balaban J connectivity index is 2.48. The number of hydrogen-bond donors (Lipinski definition) is 2. The normalized spacial score (nSPS) is 12.6. The summed E-state index contributed by atoms with van der Waals surface area (Å²) in [5.41, 5.74) is 1.92. The second kappa shape index (κ2) is 8.77. The Labute approximate surface area is 125 Å². The summed E-state index contributed by atoms with van der Waals surface area (Å²) in [6.45, 7) is 4.74. The van der Waals surface area contributed by atoms with Crippen molar-refractivity contribution < 1.29 is 9.90 Å². The van der Waals surface area contributed by atoms with E-state index in [9.17, 15) is 4.79 Å². The van der Waals surface area contributed by atoms with Crippen molar-refractivity contribution in [3.05, 3.63) is 40.4 Å². The number of carbonyl (C=O) groups excluding carboxylic acids is 1. The first kappa shape index (κ1) is 16.7. The Hall–Kier alpha value is -1.32. The molecule has 110 valence electrons. The molecule has 0 aliphatic rings. The number of amides is 1. The van der Waals surface area contributed by atoms with Gasteiger partial charge < -0.3 is 10.4 Å². The fourth-order valence-corrected chi connectivity index (χ4v) is 2.01. The minimum Gasteiger partial charge on any atom is -0.396 e. The van der Waals surface area contributed by atoms with Gasteiger partial charge in [-0.05, 0) is 42.5 Å². The minimum atomic E-state index is -0.127. The van der Waals surface area contributed by atoms with E-state index in [1.807, 2.05) is 25.1 Å². The van der Waals surface area contributed by atoms with E-state index in [1.54, 1.807) is 6.08 Å². The highest BCUT2D eigenvalue weighted by molar-refractivity contribution is 6.31. The Bertz CT molecular complexity index is 472. The Morgan fingerprint density at radius 3 is 2.85 bits per heavy atom. The van der Waals surface area contributed by atoms with Crippen molar-refractivity contribution in [2.75, 3.05) is 13.2 Å². The van der Waals surface area contributed by atoms with Gasteiger partial charge in [-0.1, -0.05) is 37.1 Å². The van der Waals surface area contributed by atoms with E-state index in [2.05, 4.69) is 12.2 Å². The first-order chi connectivity index (χ1) is 9.56. The molecule has 1 atom stereocenters. The molecule has 0 spiro atoms. The summed E-state index contributed by atoms with van der Waals surface area (Å²) in [4.78, 5) is 11.7. The van der Waals surface area contributed by atoms with Gasteiger partial charge in [0.05, 0.1) is 0 Å². The van der Waals surface area contributed by atoms with E-state index in [-0.39, 0.29) is 12.5 Å². The lowest BCUT2D eigenvalue weighted by atomic mass is 10.0. The van der Waals surface area contributed by atoms with Crippen LogP contribution in [0, 0.1) is 12.8 Å². The van der Waals surface area contributed by atoms with Gasteiger partial charge in [0, 0.05) is 24.3 Å². The van der Waals surface area contributed by atoms with Gasteiger partial charge in [0.2, 0.25) is 5.91 Å². The van der Waals surface area contributed by atoms with Gasteiger partial charge in [0.15, 0.2) is 0 Å². The van der Waals surface area contributed by atoms with Crippen molar-refractivity contribution in [2.24, 2.45) is 5.92 Å². The molecule has 0 aromatic heterocycles. The molecule has 2 N–H and O–H groups in total. The van der Waals surface area contributed by atoms with Crippen LogP contribution in [0.2, 0.25) is 5.02 Å². The van der Waals surface area contributed by atoms with Crippen LogP contribution in [0.1, 0.15) is 30.9 Å². The number of carbonyl (C=O) groups is 1. The zero-order valence-electron chi connectivity index (χ0n) is 12.0. The Morgan fingerprint density at radius 1 is 1.50 bits per heavy atom. The molecule has 0 heterocycles. The molecular weight excluding hydrogens is 274 g/mol. The highest BCUT2D eigenvalue weighted by atomic mass is 35.5. The molecular formula is C16H22ClNO2. The molecule has 1 amide bonds. The number of aliphatic hydroxyl groups excluding tert-OH is 1. The fraction of sp³-hybridized carbons (Fsp3) is 0.438. The average molecular weight is 296 g/mol. The lowest BCUT2D eigenvalue weighted by molar-refractivity contribution is -0.116. The summed E-state index contributed by atoms with van der Waals surface area (Å²) in [7, 11) is 0. The SMILES string of the molecule is CCC(CCO)CNC(=O)/C=C/c1ccc(C)c(Cl)c1. The summed E-state index contributed by atoms with van der Waals surface area (Å²) in [6.07, 6.45) is 4.91. The minimum absolute atomic E-state index is 0.127. The summed E-state index contributed by atoms with van der Waals surface area (Å²) in [6, 6.07) is 5.68. The fourth-order valence-electron chi connectivity index (χ4n) is 1.82. The van der Waals surface area contributed by atoms with Gasteiger partial charge in [-0.3, -0.25) is 4.79 Å². The molecule has 4 heteroatoms. The summed E-state index contributed by atoms with van der Waals surface area (Å²) >= 11 is 6.03. The highest BCUT2D eigenvalue weighted by Crippen LogP contribution is 2.17. The molecule has 0 bridgehead atoms. The number of hydrogen-bond acceptors (Lipinski definition) is 2. The lowest BCUT2D eigenvalue weighted by Crippen LogP contribution is -2.28. The van der Waals surface area contributed by atoms with Gasteiger partial charge in [-0.15, -0.1) is 0 Å². The smallest absolute Gasteiger partial charge is 0.244 e. The zero-order valence-corrected chi connectivity index (χ0v) is 12.8. The second-order valence-electron chi connectivity index (χ2n) is 4.87. The van der Waals surface area contributed by atoms with Gasteiger partial charge in [-0.2, -0.15) is 0 Å². The largest absolute Gasteiger partial charge is 0.396 e. The first-order valence-electron chi connectivity index (χ1n) is 6.89. The topological polar surface area (TPSA) is 49.3 Å². The Kier molecular flexibility index (Phi) is 7.34. The molecule has 0 radical (unpaired) electrons. The predicted molar refractivity (Wildman–Crippen MR) is 83.7 cm³/mol. The van der Waals surface area contributed by atoms with Crippen LogP contribution in [-0.4, -0.2) is 24.2 Å². The van der Waals surface area contributed by atoms with Crippen molar-refractivity contribution in [3.63, 3.8) is 0 Å². The highest BCUT2D eigenvalue weighted by Gasteiger charge is 2.06. The van der Waals surface area contributed by atoms with Crippen LogP contribution in [0.4, 0.5) is 0 Å². The molecule has 0 aliphatic carbocycles. The third kappa shape index (κ3) is 5.76. The molecule has 3 nitrogen and oxygen atoms in total. The van der Waals surface area contributed by atoms with Crippen molar-refractivity contribution in [3.8, 4) is 0 Å². The molecule has 0 saturated heterocycles. The van der Waals surface area contributed by atoms with Gasteiger partial charge in [0.25, 0.3) is 0 Å². The van der Waals surface area contributed by atoms with Crippen molar-refractivity contribution in [1.29, 1.82) is 0 Å². The Morgan fingerprint density at radius 2 is 2.25 bits per heavy atom. The third-order valence-corrected chi connectivity index (χ3v) is 3.71. The maximum absolute atomic E-state index is 11.7. The quantitative estimate of drug-likeness (QED) is 0.759. The number of nitrogens with one attached hydrogen (secondary N) is 1. The van der Waals surface area contributed by atoms with Gasteiger partial charge >= 0.3 is 0 Å². The van der Waals surface area contributed by atoms with Crippen LogP contribution in [-0.2, 0) is 4.79 Å². The third-order valence-electron chi connectivity index (χ3n) is 3.30. The standard InChI is InChI=1S/C16H22ClNO2/c1-3-13(8-9-19)11-18-16(20)7-6-14-5-4-12(2)15(17)10-14/h4-7,10,13,19H,3,8-9,11H2,1-2H3,(H,18,20)/b7-6+. The van der Waals surface area contributed by atoms with Crippen LogP contribution in [0.25, 0.3) is 6.08 Å². The number of benzene rings is 1. The van der Waals surface area contributed by atoms with E-state index in [0.717, 1.165) is 17.5 Å². The average Bonchev–Trinajstić information content (AvgIpc) is 2.44. The van der Waals surface area contributed by atoms with E-state index in [4.69, 9.17) is 16.7 Å². The molecule has 1 rings (SSSR count). The van der Waals surface area contributed by atoms with Crippen LogP contribution >= 0.6 is 11.6 Å². The molecule has 1 aromatic carbocycles. The van der Waals surface area contributed by atoms with Crippen LogP contribution in [0.3, 0.4) is 0 Å². The molecule has 20 heavy (non-hydrogen) atoms. The summed E-state index contributed by atoms with van der Waals surface area (Å²) in [5, 5.41) is 12.4. The molecule has 0 aliphatic heterocycles. The zero-order chi connectivity index (χ0) is 15.0. The predicted octanol–water partition coefficient (Wildman–Crippen LogP) is 3.19. The number of aliphatic hydroxyl groups is 1. The second-order valence-corrected chi connectivity index (χ2v) is 5.28. The van der Waals surface area contributed by atoms with E-state index >= 15 is 0 Å². The van der Waals surface area contributed by atoms with Gasteiger partial charge in [0.1, 0.15) is 0 Å². The van der Waals surface area contributed by atoms with Crippen molar-refractivity contribution in [2.45, 2.75) is 26.7 Å². The van der Waals surface area contributed by atoms with Crippen molar-refractivity contribution >= 4 is 23.6 Å². The number of rotatable bonds is 7. The van der Waals surface area contributed by atoms with Crippen LogP contribution < -0.4 is 5.32 Å². The summed E-state index contributed by atoms with van der Waals surface area (Å²) in [5.74, 6) is 0.198. The van der Waals surface area contributed by atoms with Gasteiger partial charge in [-0.25, -0.2) is 0 Å². The van der Waals surface area contributed by atoms with E-state index in [1.165, 1.54) is 6.08 Å².